The smallest absolute Gasteiger partial charge is 0.305 e. The number of rotatable bonds is 3. The van der Waals surface area contributed by atoms with Crippen molar-refractivity contribution in [3.8, 4) is 0 Å². The number of amides is 1. The molecule has 1 aliphatic rings. The number of nitrogens with zero attached hydrogens (tertiary/aromatic N) is 1. The first-order valence-corrected chi connectivity index (χ1v) is 5.34. The highest BCUT2D eigenvalue weighted by Crippen LogP contribution is 2.21. The maximum absolute atomic E-state index is 12.0. The lowest BCUT2D eigenvalue weighted by Crippen LogP contribution is -2.37. The molecule has 16 heavy (non-hydrogen) atoms. The van der Waals surface area contributed by atoms with E-state index in [0.29, 0.717) is 12.2 Å². The molecule has 1 unspecified atom stereocenters. The standard InChI is InChI=1S/C11H14N2O3/c14-10(15)7-8-3-2-6-13(8)11(16)9-4-1-5-12-9/h1,4-5,8,12H,2-3,6-7H2,(H,14,15). The number of aromatic nitrogens is 1. The Morgan fingerprint density at radius 3 is 3.00 bits per heavy atom. The second-order valence-electron chi connectivity index (χ2n) is 3.98. The van der Waals surface area contributed by atoms with Gasteiger partial charge in [-0.2, -0.15) is 0 Å². The Hall–Kier alpha value is -1.78. The molecule has 0 aromatic carbocycles. The fourth-order valence-electron chi connectivity index (χ4n) is 2.13. The lowest BCUT2D eigenvalue weighted by Gasteiger charge is -2.22. The fourth-order valence-corrected chi connectivity index (χ4v) is 2.13. The van der Waals surface area contributed by atoms with Crippen molar-refractivity contribution >= 4 is 11.9 Å². The van der Waals surface area contributed by atoms with E-state index >= 15 is 0 Å². The van der Waals surface area contributed by atoms with Gasteiger partial charge in [-0.1, -0.05) is 0 Å². The molecule has 1 aromatic rings. The summed E-state index contributed by atoms with van der Waals surface area (Å²) in [6.45, 7) is 0.649. The summed E-state index contributed by atoms with van der Waals surface area (Å²) in [4.78, 5) is 27.2. The highest BCUT2D eigenvalue weighted by molar-refractivity contribution is 5.93. The minimum absolute atomic E-state index is 0.0342. The minimum Gasteiger partial charge on any atom is -0.481 e. The zero-order valence-electron chi connectivity index (χ0n) is 8.85. The Kier molecular flexibility index (Phi) is 2.94. The molecular formula is C11H14N2O3. The lowest BCUT2D eigenvalue weighted by atomic mass is 10.1. The molecule has 86 valence electrons. The third-order valence-electron chi connectivity index (χ3n) is 2.88. The summed E-state index contributed by atoms with van der Waals surface area (Å²) in [5.74, 6) is -0.954. The molecule has 1 saturated heterocycles. The van der Waals surface area contributed by atoms with Gasteiger partial charge in [-0.15, -0.1) is 0 Å². The lowest BCUT2D eigenvalue weighted by molar-refractivity contribution is -0.137. The van der Waals surface area contributed by atoms with Gasteiger partial charge in [0.25, 0.3) is 5.91 Å². The number of carboxylic acids is 1. The van der Waals surface area contributed by atoms with Crippen LogP contribution in [0.5, 0.6) is 0 Å². The van der Waals surface area contributed by atoms with E-state index in [4.69, 9.17) is 5.11 Å². The summed E-state index contributed by atoms with van der Waals surface area (Å²) in [5, 5.41) is 8.76. The summed E-state index contributed by atoms with van der Waals surface area (Å²) in [6.07, 6.45) is 3.38. The molecule has 0 saturated carbocycles. The fraction of sp³-hybridized carbons (Fsp3) is 0.455. The van der Waals surface area contributed by atoms with E-state index in [9.17, 15) is 9.59 Å². The highest BCUT2D eigenvalue weighted by atomic mass is 16.4. The molecule has 1 aromatic heterocycles. The highest BCUT2D eigenvalue weighted by Gasteiger charge is 2.31. The molecule has 2 rings (SSSR count). The summed E-state index contributed by atoms with van der Waals surface area (Å²) in [7, 11) is 0. The van der Waals surface area contributed by atoms with E-state index < -0.39 is 5.97 Å². The molecule has 0 aliphatic carbocycles. The first-order valence-electron chi connectivity index (χ1n) is 5.34. The van der Waals surface area contributed by atoms with Gasteiger partial charge in [-0.05, 0) is 25.0 Å². The first kappa shape index (κ1) is 10.7. The molecular weight excluding hydrogens is 208 g/mol. The van der Waals surface area contributed by atoms with Gasteiger partial charge >= 0.3 is 5.97 Å². The number of hydrogen-bond donors (Lipinski definition) is 2. The van der Waals surface area contributed by atoms with Crippen LogP contribution >= 0.6 is 0 Å². The Morgan fingerprint density at radius 1 is 1.56 bits per heavy atom. The van der Waals surface area contributed by atoms with E-state index in [1.54, 1.807) is 23.2 Å². The molecule has 0 bridgehead atoms. The number of carbonyl (C=O) groups excluding carboxylic acids is 1. The first-order chi connectivity index (χ1) is 7.68. The molecule has 0 radical (unpaired) electrons. The number of aromatic amines is 1. The van der Waals surface area contributed by atoms with Crippen LogP contribution in [0.3, 0.4) is 0 Å². The Balaban J connectivity index is 2.08. The average Bonchev–Trinajstić information content (AvgIpc) is 2.84. The van der Waals surface area contributed by atoms with Crippen molar-refractivity contribution in [3.05, 3.63) is 24.0 Å². The molecule has 1 amide bonds. The zero-order chi connectivity index (χ0) is 11.5. The summed E-state index contributed by atoms with van der Waals surface area (Å²) >= 11 is 0. The second-order valence-corrected chi connectivity index (χ2v) is 3.98. The van der Waals surface area contributed by atoms with Crippen LogP contribution in [0.2, 0.25) is 0 Å². The quantitative estimate of drug-likeness (QED) is 0.804. The topological polar surface area (TPSA) is 73.4 Å². The van der Waals surface area contributed by atoms with Crippen molar-refractivity contribution in [3.63, 3.8) is 0 Å². The Labute approximate surface area is 93.1 Å². The number of carbonyl (C=O) groups is 2. The molecule has 5 nitrogen and oxygen atoms in total. The van der Waals surface area contributed by atoms with Gasteiger partial charge in [-0.25, -0.2) is 0 Å². The van der Waals surface area contributed by atoms with Crippen molar-refractivity contribution in [2.24, 2.45) is 0 Å². The van der Waals surface area contributed by atoms with Crippen LogP contribution in [0.15, 0.2) is 18.3 Å². The van der Waals surface area contributed by atoms with E-state index in [1.807, 2.05) is 0 Å². The van der Waals surface area contributed by atoms with Gasteiger partial charge in [-0.3, -0.25) is 9.59 Å². The zero-order valence-corrected chi connectivity index (χ0v) is 8.85. The third kappa shape index (κ3) is 2.08. The number of aliphatic carboxylic acids is 1. The number of nitrogens with one attached hydrogen (secondary N) is 1. The van der Waals surface area contributed by atoms with Crippen molar-refractivity contribution < 1.29 is 14.7 Å². The molecule has 1 fully saturated rings. The van der Waals surface area contributed by atoms with Crippen molar-refractivity contribution in [1.82, 2.24) is 9.88 Å². The van der Waals surface area contributed by atoms with Gasteiger partial charge in [0.05, 0.1) is 6.42 Å². The van der Waals surface area contributed by atoms with Crippen LogP contribution in [0.25, 0.3) is 0 Å². The minimum atomic E-state index is -0.851. The molecule has 5 heteroatoms. The molecule has 2 N–H and O–H groups in total. The van der Waals surface area contributed by atoms with Crippen LogP contribution in [-0.2, 0) is 4.79 Å². The Bertz CT molecular complexity index is 386. The Morgan fingerprint density at radius 2 is 2.38 bits per heavy atom. The average molecular weight is 222 g/mol. The maximum atomic E-state index is 12.0. The van der Waals surface area contributed by atoms with Crippen LogP contribution in [0.4, 0.5) is 0 Å². The normalized spacial score (nSPS) is 20.0. The third-order valence-corrected chi connectivity index (χ3v) is 2.88. The number of carboxylic acid groups (broad SMARTS) is 1. The summed E-state index contributed by atoms with van der Waals surface area (Å²) in [6, 6.07) is 3.31. The van der Waals surface area contributed by atoms with Gasteiger partial charge in [0.2, 0.25) is 0 Å². The van der Waals surface area contributed by atoms with Gasteiger partial charge in [0.1, 0.15) is 5.69 Å². The van der Waals surface area contributed by atoms with Crippen molar-refractivity contribution in [2.45, 2.75) is 25.3 Å². The van der Waals surface area contributed by atoms with Crippen LogP contribution in [-0.4, -0.2) is 39.5 Å². The molecule has 1 aliphatic heterocycles. The summed E-state index contributed by atoms with van der Waals surface area (Å²) < 4.78 is 0. The van der Waals surface area contributed by atoms with E-state index in [0.717, 1.165) is 12.8 Å². The largest absolute Gasteiger partial charge is 0.481 e. The van der Waals surface area contributed by atoms with Crippen LogP contribution in [0.1, 0.15) is 29.8 Å². The van der Waals surface area contributed by atoms with Crippen LogP contribution in [0, 0.1) is 0 Å². The molecule has 0 spiro atoms. The number of H-pyrrole nitrogens is 1. The maximum Gasteiger partial charge on any atom is 0.305 e. The van der Waals surface area contributed by atoms with Gasteiger partial charge < -0.3 is 15.0 Å². The molecule has 1 atom stereocenters. The van der Waals surface area contributed by atoms with E-state index in [-0.39, 0.29) is 18.4 Å². The SMILES string of the molecule is O=C(O)CC1CCCN1C(=O)c1ccc[nH]1. The van der Waals surface area contributed by atoms with E-state index in [2.05, 4.69) is 4.98 Å². The van der Waals surface area contributed by atoms with Crippen molar-refractivity contribution in [1.29, 1.82) is 0 Å². The van der Waals surface area contributed by atoms with Gasteiger partial charge in [0.15, 0.2) is 0 Å². The van der Waals surface area contributed by atoms with Gasteiger partial charge in [0, 0.05) is 18.8 Å². The summed E-state index contributed by atoms with van der Waals surface area (Å²) in [5.41, 5.74) is 0.525. The predicted molar refractivity (Wildman–Crippen MR) is 57.1 cm³/mol. The molecule has 2 heterocycles. The number of likely N-dealkylation sites (tertiary alicyclic amines) is 1. The van der Waals surface area contributed by atoms with Crippen LogP contribution < -0.4 is 0 Å². The van der Waals surface area contributed by atoms with Crippen molar-refractivity contribution in [2.75, 3.05) is 6.54 Å². The second kappa shape index (κ2) is 4.38. The monoisotopic (exact) mass is 222 g/mol. The predicted octanol–water partition coefficient (Wildman–Crippen LogP) is 1.09. The van der Waals surface area contributed by atoms with E-state index in [1.165, 1.54) is 0 Å². The number of hydrogen-bond acceptors (Lipinski definition) is 2.